The van der Waals surface area contributed by atoms with Gasteiger partial charge >= 0.3 is 0 Å². The lowest BCUT2D eigenvalue weighted by Gasteiger charge is -2.26. The molecular formula is C20H30IN5O2S2. The average molecular weight is 564 g/mol. The lowest BCUT2D eigenvalue weighted by molar-refractivity contribution is 0.346. The highest BCUT2D eigenvalue weighted by atomic mass is 127. The van der Waals surface area contributed by atoms with Crippen molar-refractivity contribution in [1.29, 1.82) is 0 Å². The van der Waals surface area contributed by atoms with Crippen molar-refractivity contribution in [1.82, 2.24) is 19.9 Å². The minimum Gasteiger partial charge on any atom is -0.356 e. The van der Waals surface area contributed by atoms with Gasteiger partial charge in [0.1, 0.15) is 0 Å². The van der Waals surface area contributed by atoms with Crippen molar-refractivity contribution in [2.45, 2.75) is 44.0 Å². The summed E-state index contributed by atoms with van der Waals surface area (Å²) in [6, 6.07) is 7.15. The van der Waals surface area contributed by atoms with Crippen molar-refractivity contribution in [3.05, 3.63) is 45.9 Å². The van der Waals surface area contributed by atoms with Gasteiger partial charge in [-0.05, 0) is 37.5 Å². The van der Waals surface area contributed by atoms with Crippen LogP contribution in [0.1, 0.15) is 35.5 Å². The minimum absolute atomic E-state index is 0. The Kier molecular flexibility index (Phi) is 9.98. The quantitative estimate of drug-likeness (QED) is 0.307. The summed E-state index contributed by atoms with van der Waals surface area (Å²) >= 11 is 1.65. The lowest BCUT2D eigenvalue weighted by atomic mass is 10.2. The van der Waals surface area contributed by atoms with Gasteiger partial charge < -0.3 is 10.6 Å². The maximum atomic E-state index is 12.9. The molecular weight excluding hydrogens is 533 g/mol. The average Bonchev–Trinajstić information content (AvgIpc) is 3.16. The number of hydrogen-bond donors (Lipinski definition) is 2. The van der Waals surface area contributed by atoms with E-state index >= 15 is 0 Å². The Morgan fingerprint density at radius 3 is 2.67 bits per heavy atom. The number of benzene rings is 1. The van der Waals surface area contributed by atoms with Gasteiger partial charge in [-0.25, -0.2) is 13.4 Å². The Hall–Kier alpha value is -1.24. The molecule has 0 atom stereocenters. The zero-order valence-corrected chi connectivity index (χ0v) is 21.4. The molecule has 2 N–H and O–H groups in total. The Balaban J connectivity index is 0.00000320. The predicted octanol–water partition coefficient (Wildman–Crippen LogP) is 3.15. The molecule has 3 rings (SSSR count). The molecule has 0 saturated carbocycles. The Bertz CT molecular complexity index is 940. The number of hydrogen-bond acceptors (Lipinski definition) is 5. The fourth-order valence-electron chi connectivity index (χ4n) is 3.31. The molecule has 2 heterocycles. The monoisotopic (exact) mass is 563 g/mol. The number of aliphatic imine (C=N–C) groups is 1. The third kappa shape index (κ3) is 6.89. The molecule has 1 aliphatic heterocycles. The SMILES string of the molecule is CN=C(NCCc1csc(C)n1)NCc1cccc(S(=O)(=O)N2CCCCC2)c1.I. The number of thiazole rings is 1. The van der Waals surface area contributed by atoms with Gasteiger partial charge in [0.15, 0.2) is 5.96 Å². The van der Waals surface area contributed by atoms with Crippen molar-refractivity contribution in [3.63, 3.8) is 0 Å². The molecule has 1 aromatic carbocycles. The fraction of sp³-hybridized carbons (Fsp3) is 0.500. The molecule has 0 radical (unpaired) electrons. The van der Waals surface area contributed by atoms with Crippen molar-refractivity contribution in [2.75, 3.05) is 26.7 Å². The van der Waals surface area contributed by atoms with Crippen LogP contribution >= 0.6 is 35.3 Å². The van der Waals surface area contributed by atoms with Gasteiger partial charge in [0.2, 0.25) is 10.0 Å². The van der Waals surface area contributed by atoms with Crippen molar-refractivity contribution >= 4 is 51.3 Å². The normalized spacial score (nSPS) is 15.5. The Morgan fingerprint density at radius 2 is 2.00 bits per heavy atom. The van der Waals surface area contributed by atoms with Crippen LogP contribution in [-0.4, -0.2) is 50.3 Å². The van der Waals surface area contributed by atoms with E-state index in [1.165, 1.54) is 0 Å². The van der Waals surface area contributed by atoms with Crippen LogP contribution in [0.3, 0.4) is 0 Å². The van der Waals surface area contributed by atoms with Crippen molar-refractivity contribution in [2.24, 2.45) is 4.99 Å². The summed E-state index contributed by atoms with van der Waals surface area (Å²) in [5, 5.41) is 9.66. The van der Waals surface area contributed by atoms with Crippen LogP contribution in [0.5, 0.6) is 0 Å². The van der Waals surface area contributed by atoms with Crippen LogP contribution in [0.2, 0.25) is 0 Å². The topological polar surface area (TPSA) is 86.7 Å². The summed E-state index contributed by atoms with van der Waals surface area (Å²) in [6.07, 6.45) is 3.80. The van der Waals surface area contributed by atoms with Crippen LogP contribution in [0.25, 0.3) is 0 Å². The molecule has 1 aliphatic rings. The third-order valence-electron chi connectivity index (χ3n) is 4.87. The molecule has 7 nitrogen and oxygen atoms in total. The number of piperidine rings is 1. The number of halogens is 1. The molecule has 0 bridgehead atoms. The lowest BCUT2D eigenvalue weighted by Crippen LogP contribution is -2.38. The van der Waals surface area contributed by atoms with E-state index in [-0.39, 0.29) is 24.0 Å². The maximum absolute atomic E-state index is 12.9. The van der Waals surface area contributed by atoms with E-state index in [1.807, 2.05) is 13.0 Å². The van der Waals surface area contributed by atoms with E-state index in [0.29, 0.717) is 30.5 Å². The summed E-state index contributed by atoms with van der Waals surface area (Å²) < 4.78 is 27.4. The molecule has 0 aliphatic carbocycles. The summed E-state index contributed by atoms with van der Waals surface area (Å²) in [5.41, 5.74) is 1.98. The van der Waals surface area contributed by atoms with Crippen molar-refractivity contribution in [3.8, 4) is 0 Å². The molecule has 1 aromatic heterocycles. The fourth-order valence-corrected chi connectivity index (χ4v) is 5.54. The van der Waals surface area contributed by atoms with Gasteiger partial charge in [-0.1, -0.05) is 18.6 Å². The number of aryl methyl sites for hydroxylation is 1. The number of nitrogens with one attached hydrogen (secondary N) is 2. The van der Waals surface area contributed by atoms with Gasteiger partial charge in [0.05, 0.1) is 15.6 Å². The third-order valence-corrected chi connectivity index (χ3v) is 7.59. The predicted molar refractivity (Wildman–Crippen MR) is 133 cm³/mol. The molecule has 1 saturated heterocycles. The van der Waals surface area contributed by atoms with Gasteiger partial charge in [-0.2, -0.15) is 4.31 Å². The maximum Gasteiger partial charge on any atom is 0.243 e. The van der Waals surface area contributed by atoms with E-state index < -0.39 is 10.0 Å². The highest BCUT2D eigenvalue weighted by Crippen LogP contribution is 2.21. The molecule has 0 amide bonds. The van der Waals surface area contributed by atoms with Crippen LogP contribution in [0.4, 0.5) is 0 Å². The highest BCUT2D eigenvalue weighted by Gasteiger charge is 2.25. The first-order chi connectivity index (χ1) is 14.0. The van der Waals surface area contributed by atoms with Gasteiger partial charge in [0.25, 0.3) is 0 Å². The number of guanidine groups is 1. The number of rotatable bonds is 7. The number of sulfonamides is 1. The molecule has 166 valence electrons. The summed E-state index contributed by atoms with van der Waals surface area (Å²) in [6.45, 7) is 4.45. The molecule has 2 aromatic rings. The van der Waals surface area contributed by atoms with Crippen LogP contribution in [-0.2, 0) is 23.0 Å². The second kappa shape index (κ2) is 12.0. The number of nitrogens with zero attached hydrogens (tertiary/aromatic N) is 3. The van der Waals surface area contributed by atoms with Crippen LogP contribution < -0.4 is 10.6 Å². The zero-order valence-electron chi connectivity index (χ0n) is 17.4. The van der Waals surface area contributed by atoms with Crippen LogP contribution in [0.15, 0.2) is 39.5 Å². The highest BCUT2D eigenvalue weighted by molar-refractivity contribution is 14.0. The molecule has 0 unspecified atom stereocenters. The largest absolute Gasteiger partial charge is 0.356 e. The molecule has 10 heteroatoms. The van der Waals surface area contributed by atoms with E-state index in [4.69, 9.17) is 0 Å². The van der Waals surface area contributed by atoms with Crippen LogP contribution in [0, 0.1) is 6.92 Å². The smallest absolute Gasteiger partial charge is 0.243 e. The molecule has 0 spiro atoms. The summed E-state index contributed by atoms with van der Waals surface area (Å²) in [4.78, 5) is 9.05. The first kappa shape index (κ1) is 25.0. The Morgan fingerprint density at radius 1 is 1.23 bits per heavy atom. The minimum atomic E-state index is -3.42. The second-order valence-corrected chi connectivity index (χ2v) is 10.1. The Labute approximate surface area is 200 Å². The van der Waals surface area contributed by atoms with Gasteiger partial charge in [-0.15, -0.1) is 35.3 Å². The standard InChI is InChI=1S/C20H29N5O2S2.HI/c1-16-24-18(15-28-16)9-10-22-20(21-2)23-14-17-7-6-8-19(13-17)29(26,27)25-11-4-3-5-12-25;/h6-8,13,15H,3-5,9-12,14H2,1-2H3,(H2,21,22,23);1H. The molecule has 30 heavy (non-hydrogen) atoms. The summed E-state index contributed by atoms with van der Waals surface area (Å²) in [7, 11) is -1.70. The van der Waals surface area contributed by atoms with Gasteiger partial charge in [0, 0.05) is 45.0 Å². The summed E-state index contributed by atoms with van der Waals surface area (Å²) in [5.74, 6) is 0.682. The van der Waals surface area contributed by atoms with Gasteiger partial charge in [-0.3, -0.25) is 4.99 Å². The zero-order chi connectivity index (χ0) is 20.7. The van der Waals surface area contributed by atoms with Crippen molar-refractivity contribution < 1.29 is 8.42 Å². The number of aromatic nitrogens is 1. The van der Waals surface area contributed by atoms with E-state index in [1.54, 1.807) is 40.9 Å². The van der Waals surface area contributed by atoms with E-state index in [0.717, 1.165) is 48.5 Å². The first-order valence-electron chi connectivity index (χ1n) is 9.93. The van der Waals surface area contributed by atoms with E-state index in [9.17, 15) is 8.42 Å². The first-order valence-corrected chi connectivity index (χ1v) is 12.3. The van der Waals surface area contributed by atoms with E-state index in [2.05, 4.69) is 26.0 Å². The molecule has 1 fully saturated rings. The second-order valence-electron chi connectivity index (χ2n) is 7.07.